The highest BCUT2D eigenvalue weighted by Crippen LogP contribution is 2.07. The Labute approximate surface area is 125 Å². The second kappa shape index (κ2) is 9.44. The smallest absolute Gasteiger partial charge is 0.221 e. The van der Waals surface area contributed by atoms with E-state index in [9.17, 15) is 9.59 Å². The van der Waals surface area contributed by atoms with Crippen LogP contribution in [0.15, 0.2) is 54.6 Å². The van der Waals surface area contributed by atoms with Crippen LogP contribution in [-0.2, 0) is 11.2 Å². The Balaban J connectivity index is 0.000000219. The van der Waals surface area contributed by atoms with E-state index in [-0.39, 0.29) is 5.91 Å². The summed E-state index contributed by atoms with van der Waals surface area (Å²) in [4.78, 5) is 20.8. The van der Waals surface area contributed by atoms with Gasteiger partial charge in [-0.2, -0.15) is 0 Å². The predicted octanol–water partition coefficient (Wildman–Crippen LogP) is 2.65. The van der Waals surface area contributed by atoms with E-state index in [0.29, 0.717) is 11.3 Å². The summed E-state index contributed by atoms with van der Waals surface area (Å²) >= 11 is 0. The topological polar surface area (TPSA) is 72.2 Å². The third-order valence-electron chi connectivity index (χ3n) is 2.64. The quantitative estimate of drug-likeness (QED) is 0.848. The third kappa shape index (κ3) is 7.03. The van der Waals surface area contributed by atoms with Crippen molar-refractivity contribution in [3.05, 3.63) is 65.7 Å². The van der Waals surface area contributed by atoms with E-state index in [1.807, 2.05) is 18.2 Å². The van der Waals surface area contributed by atoms with Gasteiger partial charge in [-0.1, -0.05) is 30.3 Å². The molecule has 0 bridgehead atoms. The molecule has 4 heteroatoms. The lowest BCUT2D eigenvalue weighted by Gasteiger charge is -2.00. The maximum Gasteiger partial charge on any atom is 0.221 e. The molecule has 1 amide bonds. The Kier molecular flexibility index (Phi) is 7.46. The Morgan fingerprint density at radius 1 is 1.10 bits per heavy atom. The second-order valence-electron chi connectivity index (χ2n) is 4.45. The molecule has 3 N–H and O–H groups in total. The second-order valence-corrected chi connectivity index (χ2v) is 4.45. The monoisotopic (exact) mass is 284 g/mol. The summed E-state index contributed by atoms with van der Waals surface area (Å²) in [6.45, 7) is 2.18. The van der Waals surface area contributed by atoms with Gasteiger partial charge in [-0.3, -0.25) is 9.59 Å². The van der Waals surface area contributed by atoms with Crippen molar-refractivity contribution in [2.75, 3.05) is 11.9 Å². The van der Waals surface area contributed by atoms with Gasteiger partial charge in [0.25, 0.3) is 0 Å². The van der Waals surface area contributed by atoms with E-state index in [1.54, 1.807) is 24.3 Å². The number of carbonyl (C=O) groups is 2. The van der Waals surface area contributed by atoms with Crippen LogP contribution in [0, 0.1) is 0 Å². The summed E-state index contributed by atoms with van der Waals surface area (Å²) in [7, 11) is 0. The lowest BCUT2D eigenvalue weighted by molar-refractivity contribution is -0.114. The fourth-order valence-corrected chi connectivity index (χ4v) is 1.66. The molecule has 0 radical (unpaired) electrons. The van der Waals surface area contributed by atoms with Crippen LogP contribution in [0.25, 0.3) is 0 Å². The van der Waals surface area contributed by atoms with Crippen molar-refractivity contribution in [3.63, 3.8) is 0 Å². The number of carbonyl (C=O) groups excluding carboxylic acids is 2. The van der Waals surface area contributed by atoms with Crippen LogP contribution < -0.4 is 11.1 Å². The first kappa shape index (κ1) is 16.6. The van der Waals surface area contributed by atoms with Crippen molar-refractivity contribution in [1.82, 2.24) is 0 Å². The number of anilines is 1. The number of nitrogens with one attached hydrogen (secondary N) is 1. The molecule has 0 unspecified atom stereocenters. The van der Waals surface area contributed by atoms with E-state index in [0.717, 1.165) is 19.3 Å². The standard InChI is InChI=1S/C9H9NO2.C8H11N/c1-7(12)10-9-4-2-8(6-11)3-5-9;9-7-6-8-4-2-1-3-5-8/h2-6H,1H3,(H,10,12);1-5H,6-7,9H2. The highest BCUT2D eigenvalue weighted by atomic mass is 16.1. The molecule has 0 saturated heterocycles. The molecule has 110 valence electrons. The Hall–Kier alpha value is -2.46. The maximum atomic E-state index is 10.6. The van der Waals surface area contributed by atoms with E-state index in [4.69, 9.17) is 5.73 Å². The van der Waals surface area contributed by atoms with Crippen LogP contribution in [0.4, 0.5) is 5.69 Å². The molecule has 0 aliphatic rings. The van der Waals surface area contributed by atoms with Crippen LogP contribution in [-0.4, -0.2) is 18.7 Å². The molecular formula is C17H20N2O2. The fraction of sp³-hybridized carbons (Fsp3) is 0.176. The molecule has 0 atom stereocenters. The van der Waals surface area contributed by atoms with Gasteiger partial charge in [0, 0.05) is 18.2 Å². The van der Waals surface area contributed by atoms with Gasteiger partial charge in [0.15, 0.2) is 0 Å². The van der Waals surface area contributed by atoms with Gasteiger partial charge in [0.05, 0.1) is 0 Å². The number of nitrogens with two attached hydrogens (primary N) is 1. The fourth-order valence-electron chi connectivity index (χ4n) is 1.66. The summed E-state index contributed by atoms with van der Waals surface area (Å²) in [6, 6.07) is 16.9. The number of rotatable bonds is 4. The molecule has 0 aromatic heterocycles. The molecule has 2 rings (SSSR count). The zero-order valence-corrected chi connectivity index (χ0v) is 12.1. The predicted molar refractivity (Wildman–Crippen MR) is 85.3 cm³/mol. The zero-order chi connectivity index (χ0) is 15.5. The minimum absolute atomic E-state index is 0.117. The van der Waals surface area contributed by atoms with Gasteiger partial charge in [-0.05, 0) is 42.8 Å². The lowest BCUT2D eigenvalue weighted by atomic mass is 10.2. The summed E-state index contributed by atoms with van der Waals surface area (Å²) in [5, 5.41) is 2.60. The molecule has 4 nitrogen and oxygen atoms in total. The molecule has 2 aromatic rings. The average Bonchev–Trinajstić information content (AvgIpc) is 2.49. The third-order valence-corrected chi connectivity index (χ3v) is 2.64. The van der Waals surface area contributed by atoms with Gasteiger partial charge in [0.2, 0.25) is 5.91 Å². The highest BCUT2D eigenvalue weighted by Gasteiger charge is 1.94. The number of hydrogen-bond acceptors (Lipinski definition) is 3. The van der Waals surface area contributed by atoms with E-state index in [1.165, 1.54) is 12.5 Å². The first-order valence-corrected chi connectivity index (χ1v) is 6.72. The van der Waals surface area contributed by atoms with E-state index in [2.05, 4.69) is 17.4 Å². The molecular weight excluding hydrogens is 264 g/mol. The van der Waals surface area contributed by atoms with Crippen LogP contribution in [0.2, 0.25) is 0 Å². The number of aldehydes is 1. The highest BCUT2D eigenvalue weighted by molar-refractivity contribution is 5.89. The summed E-state index contributed by atoms with van der Waals surface area (Å²) in [5.41, 5.74) is 7.98. The van der Waals surface area contributed by atoms with E-state index < -0.39 is 0 Å². The Morgan fingerprint density at radius 2 is 1.71 bits per heavy atom. The normalized spacial score (nSPS) is 9.24. The van der Waals surface area contributed by atoms with Crippen molar-refractivity contribution in [3.8, 4) is 0 Å². The molecule has 0 fully saturated rings. The van der Waals surface area contributed by atoms with Crippen LogP contribution >= 0.6 is 0 Å². The Bertz CT molecular complexity index is 551. The lowest BCUT2D eigenvalue weighted by Crippen LogP contribution is -2.05. The van der Waals surface area contributed by atoms with Crippen molar-refractivity contribution in [2.45, 2.75) is 13.3 Å². The molecule has 0 aliphatic heterocycles. The maximum absolute atomic E-state index is 10.6. The minimum Gasteiger partial charge on any atom is -0.330 e. The minimum atomic E-state index is -0.117. The van der Waals surface area contributed by atoms with Gasteiger partial charge >= 0.3 is 0 Å². The van der Waals surface area contributed by atoms with Crippen molar-refractivity contribution in [2.24, 2.45) is 5.73 Å². The molecule has 0 heterocycles. The van der Waals surface area contributed by atoms with Gasteiger partial charge in [-0.15, -0.1) is 0 Å². The molecule has 0 spiro atoms. The molecule has 2 aromatic carbocycles. The summed E-state index contributed by atoms with van der Waals surface area (Å²) < 4.78 is 0. The number of hydrogen-bond donors (Lipinski definition) is 2. The SMILES string of the molecule is CC(=O)Nc1ccc(C=O)cc1.NCCc1ccccc1. The number of benzene rings is 2. The first-order valence-electron chi connectivity index (χ1n) is 6.72. The number of amides is 1. The van der Waals surface area contributed by atoms with Crippen LogP contribution in [0.1, 0.15) is 22.8 Å². The Morgan fingerprint density at radius 3 is 2.19 bits per heavy atom. The first-order chi connectivity index (χ1) is 10.2. The van der Waals surface area contributed by atoms with Crippen molar-refractivity contribution < 1.29 is 9.59 Å². The van der Waals surface area contributed by atoms with Gasteiger partial charge < -0.3 is 11.1 Å². The van der Waals surface area contributed by atoms with Gasteiger partial charge in [-0.25, -0.2) is 0 Å². The van der Waals surface area contributed by atoms with Crippen molar-refractivity contribution >= 4 is 17.9 Å². The summed E-state index contributed by atoms with van der Waals surface area (Å²) in [5.74, 6) is -0.117. The van der Waals surface area contributed by atoms with Gasteiger partial charge in [0.1, 0.15) is 6.29 Å². The van der Waals surface area contributed by atoms with Crippen molar-refractivity contribution in [1.29, 1.82) is 0 Å². The summed E-state index contributed by atoms with van der Waals surface area (Å²) in [6.07, 6.45) is 1.75. The van der Waals surface area contributed by atoms with E-state index >= 15 is 0 Å². The largest absolute Gasteiger partial charge is 0.330 e. The average molecular weight is 284 g/mol. The van der Waals surface area contributed by atoms with Crippen LogP contribution in [0.3, 0.4) is 0 Å². The molecule has 0 saturated carbocycles. The molecule has 0 aliphatic carbocycles. The van der Waals surface area contributed by atoms with Crippen LogP contribution in [0.5, 0.6) is 0 Å². The zero-order valence-electron chi connectivity index (χ0n) is 12.1. The molecule has 21 heavy (non-hydrogen) atoms.